The van der Waals surface area contributed by atoms with E-state index in [0.29, 0.717) is 17.1 Å². The molecular formula is C15H12INO3. The number of hydrogen-bond donors (Lipinski definition) is 1. The van der Waals surface area contributed by atoms with Gasteiger partial charge in [-0.05, 0) is 71.5 Å². The van der Waals surface area contributed by atoms with E-state index in [4.69, 9.17) is 9.47 Å². The van der Waals surface area contributed by atoms with Crippen LogP contribution in [0.4, 0.5) is 5.69 Å². The largest absolute Gasteiger partial charge is 0.454 e. The van der Waals surface area contributed by atoms with Gasteiger partial charge in [0.15, 0.2) is 11.5 Å². The molecule has 0 bridgehead atoms. The summed E-state index contributed by atoms with van der Waals surface area (Å²) in [5.74, 6) is 1.12. The van der Waals surface area contributed by atoms with Crippen molar-refractivity contribution in [3.8, 4) is 11.5 Å². The van der Waals surface area contributed by atoms with Gasteiger partial charge < -0.3 is 14.8 Å². The van der Waals surface area contributed by atoms with Gasteiger partial charge in [-0.1, -0.05) is 0 Å². The fourth-order valence-electron chi connectivity index (χ4n) is 2.00. The number of nitrogens with one attached hydrogen (secondary N) is 1. The Kier molecular flexibility index (Phi) is 3.52. The predicted octanol–water partition coefficient (Wildman–Crippen LogP) is 3.58. The van der Waals surface area contributed by atoms with Crippen molar-refractivity contribution in [2.45, 2.75) is 6.92 Å². The molecule has 102 valence electrons. The molecule has 0 aliphatic carbocycles. The molecule has 1 amide bonds. The topological polar surface area (TPSA) is 47.6 Å². The third-order valence-electron chi connectivity index (χ3n) is 3.07. The van der Waals surface area contributed by atoms with E-state index >= 15 is 0 Å². The zero-order valence-corrected chi connectivity index (χ0v) is 12.9. The molecule has 0 spiro atoms. The molecule has 0 unspecified atom stereocenters. The number of rotatable bonds is 2. The van der Waals surface area contributed by atoms with Crippen molar-refractivity contribution >= 4 is 34.2 Å². The van der Waals surface area contributed by atoms with Crippen LogP contribution in [0.1, 0.15) is 15.9 Å². The Hall–Kier alpha value is -1.76. The molecule has 0 fully saturated rings. The van der Waals surface area contributed by atoms with Crippen molar-refractivity contribution < 1.29 is 14.3 Å². The molecule has 2 aromatic carbocycles. The Morgan fingerprint density at radius 1 is 1.15 bits per heavy atom. The molecule has 0 aromatic heterocycles. The smallest absolute Gasteiger partial charge is 0.255 e. The molecule has 4 nitrogen and oxygen atoms in total. The first-order valence-corrected chi connectivity index (χ1v) is 7.18. The van der Waals surface area contributed by atoms with Crippen LogP contribution in [0.3, 0.4) is 0 Å². The lowest BCUT2D eigenvalue weighted by atomic mass is 10.1. The van der Waals surface area contributed by atoms with Crippen LogP contribution in [0.25, 0.3) is 0 Å². The van der Waals surface area contributed by atoms with Gasteiger partial charge in [0.1, 0.15) is 0 Å². The highest BCUT2D eigenvalue weighted by molar-refractivity contribution is 14.1. The highest BCUT2D eigenvalue weighted by Crippen LogP contribution is 2.32. The van der Waals surface area contributed by atoms with Crippen LogP contribution in [0, 0.1) is 10.5 Å². The zero-order valence-electron chi connectivity index (χ0n) is 10.8. The lowest BCUT2D eigenvalue weighted by Gasteiger charge is -2.09. The first-order valence-electron chi connectivity index (χ1n) is 6.10. The van der Waals surface area contributed by atoms with Gasteiger partial charge in [-0.2, -0.15) is 0 Å². The summed E-state index contributed by atoms with van der Waals surface area (Å²) in [6, 6.07) is 11.1. The fraction of sp³-hybridized carbons (Fsp3) is 0.133. The number of hydrogen-bond acceptors (Lipinski definition) is 3. The quantitative estimate of drug-likeness (QED) is 0.810. The monoisotopic (exact) mass is 381 g/mol. The molecule has 0 atom stereocenters. The van der Waals surface area contributed by atoms with Crippen molar-refractivity contribution in [3.63, 3.8) is 0 Å². The van der Waals surface area contributed by atoms with E-state index in [1.165, 1.54) is 0 Å². The van der Waals surface area contributed by atoms with E-state index < -0.39 is 0 Å². The summed E-state index contributed by atoms with van der Waals surface area (Å²) >= 11 is 2.24. The van der Waals surface area contributed by atoms with Gasteiger partial charge in [0.25, 0.3) is 5.91 Å². The van der Waals surface area contributed by atoms with Crippen molar-refractivity contribution in [1.82, 2.24) is 0 Å². The van der Waals surface area contributed by atoms with Crippen LogP contribution in [0.2, 0.25) is 0 Å². The number of ether oxygens (including phenoxy) is 2. The van der Waals surface area contributed by atoms with E-state index in [-0.39, 0.29) is 12.7 Å². The molecule has 1 heterocycles. The van der Waals surface area contributed by atoms with Crippen LogP contribution >= 0.6 is 22.6 Å². The normalized spacial score (nSPS) is 12.3. The maximum Gasteiger partial charge on any atom is 0.255 e. The lowest BCUT2D eigenvalue weighted by Crippen LogP contribution is -2.12. The Morgan fingerprint density at radius 2 is 1.95 bits per heavy atom. The number of carbonyl (C=O) groups excluding carboxylic acids is 1. The average molecular weight is 381 g/mol. The number of amides is 1. The molecule has 0 radical (unpaired) electrons. The summed E-state index contributed by atoms with van der Waals surface area (Å²) in [5.41, 5.74) is 2.39. The number of fused-ring (bicyclic) bond motifs is 1. The highest BCUT2D eigenvalue weighted by atomic mass is 127. The molecule has 0 saturated carbocycles. The van der Waals surface area contributed by atoms with Crippen LogP contribution < -0.4 is 14.8 Å². The molecule has 1 aliphatic rings. The summed E-state index contributed by atoms with van der Waals surface area (Å²) in [6.07, 6.45) is 0. The summed E-state index contributed by atoms with van der Waals surface area (Å²) < 4.78 is 11.6. The van der Waals surface area contributed by atoms with Crippen LogP contribution in [0.15, 0.2) is 36.4 Å². The SMILES string of the molecule is Cc1cc(I)ccc1NC(=O)c1ccc2c(c1)OCO2. The van der Waals surface area contributed by atoms with Crippen LogP contribution in [-0.2, 0) is 0 Å². The van der Waals surface area contributed by atoms with Gasteiger partial charge in [-0.15, -0.1) is 0 Å². The number of aryl methyl sites for hydroxylation is 1. The van der Waals surface area contributed by atoms with Crippen LogP contribution in [0.5, 0.6) is 11.5 Å². The Balaban J connectivity index is 1.82. The Bertz CT molecular complexity index is 685. The molecule has 1 N–H and O–H groups in total. The van der Waals surface area contributed by atoms with Gasteiger partial charge >= 0.3 is 0 Å². The Labute approximate surface area is 130 Å². The first kappa shape index (κ1) is 13.2. The van der Waals surface area contributed by atoms with Crippen molar-refractivity contribution in [1.29, 1.82) is 0 Å². The van der Waals surface area contributed by atoms with Crippen molar-refractivity contribution in [2.75, 3.05) is 12.1 Å². The summed E-state index contributed by atoms with van der Waals surface area (Å²) in [4.78, 5) is 12.2. The average Bonchev–Trinajstić information content (AvgIpc) is 2.89. The second-order valence-electron chi connectivity index (χ2n) is 4.48. The maximum absolute atomic E-state index is 12.2. The molecule has 2 aromatic rings. The van der Waals surface area contributed by atoms with E-state index in [0.717, 1.165) is 14.8 Å². The van der Waals surface area contributed by atoms with E-state index in [2.05, 4.69) is 27.9 Å². The minimum Gasteiger partial charge on any atom is -0.454 e. The van der Waals surface area contributed by atoms with E-state index in [9.17, 15) is 4.79 Å². The maximum atomic E-state index is 12.2. The first-order chi connectivity index (χ1) is 9.63. The van der Waals surface area contributed by atoms with Gasteiger partial charge in [0.05, 0.1) is 0 Å². The second kappa shape index (κ2) is 5.32. The zero-order chi connectivity index (χ0) is 14.1. The minimum atomic E-state index is -0.160. The number of halogens is 1. The summed E-state index contributed by atoms with van der Waals surface area (Å²) in [6.45, 7) is 2.17. The molecule has 20 heavy (non-hydrogen) atoms. The van der Waals surface area contributed by atoms with Crippen molar-refractivity contribution in [3.05, 3.63) is 51.1 Å². The lowest BCUT2D eigenvalue weighted by molar-refractivity contribution is 0.102. The van der Waals surface area contributed by atoms with Crippen LogP contribution in [-0.4, -0.2) is 12.7 Å². The fourth-order valence-corrected chi connectivity index (χ4v) is 2.65. The molecule has 3 rings (SSSR count). The predicted molar refractivity (Wildman–Crippen MR) is 84.4 cm³/mol. The number of anilines is 1. The second-order valence-corrected chi connectivity index (χ2v) is 5.73. The molecular weight excluding hydrogens is 369 g/mol. The number of carbonyl (C=O) groups is 1. The standard InChI is InChI=1S/C15H12INO3/c1-9-6-11(16)3-4-12(9)17-15(18)10-2-5-13-14(7-10)20-8-19-13/h2-7H,8H2,1H3,(H,17,18). The number of benzene rings is 2. The third-order valence-corrected chi connectivity index (χ3v) is 3.74. The van der Waals surface area contributed by atoms with E-state index in [1.807, 2.05) is 25.1 Å². The minimum absolute atomic E-state index is 0.160. The Morgan fingerprint density at radius 3 is 2.75 bits per heavy atom. The molecule has 1 aliphatic heterocycles. The summed E-state index contributed by atoms with van der Waals surface area (Å²) in [7, 11) is 0. The van der Waals surface area contributed by atoms with Gasteiger partial charge in [-0.3, -0.25) is 4.79 Å². The molecule has 5 heteroatoms. The van der Waals surface area contributed by atoms with Gasteiger partial charge in [0, 0.05) is 14.8 Å². The summed E-state index contributed by atoms with van der Waals surface area (Å²) in [5, 5.41) is 2.91. The highest BCUT2D eigenvalue weighted by Gasteiger charge is 2.16. The molecule has 0 saturated heterocycles. The third kappa shape index (κ3) is 2.58. The van der Waals surface area contributed by atoms with E-state index in [1.54, 1.807) is 18.2 Å². The van der Waals surface area contributed by atoms with Gasteiger partial charge in [0.2, 0.25) is 6.79 Å². The van der Waals surface area contributed by atoms with Gasteiger partial charge in [-0.25, -0.2) is 0 Å². The van der Waals surface area contributed by atoms with Crippen molar-refractivity contribution in [2.24, 2.45) is 0 Å².